The van der Waals surface area contributed by atoms with E-state index in [1.807, 2.05) is 19.1 Å². The van der Waals surface area contributed by atoms with Crippen LogP contribution in [0, 0.1) is 0 Å². The third-order valence-electron chi connectivity index (χ3n) is 4.08. The second-order valence-electron chi connectivity index (χ2n) is 5.63. The Morgan fingerprint density at radius 3 is 2.70 bits per heavy atom. The van der Waals surface area contributed by atoms with Crippen LogP contribution in [-0.2, 0) is 6.42 Å². The molecule has 1 N–H and O–H groups in total. The van der Waals surface area contributed by atoms with Crippen LogP contribution in [0.1, 0.15) is 42.6 Å². The Morgan fingerprint density at radius 2 is 2.00 bits per heavy atom. The lowest BCUT2D eigenvalue weighted by atomic mass is 10.0. The van der Waals surface area contributed by atoms with Gasteiger partial charge in [-0.2, -0.15) is 0 Å². The molecule has 1 atom stereocenters. The van der Waals surface area contributed by atoms with Crippen molar-refractivity contribution in [2.75, 3.05) is 26.2 Å². The summed E-state index contributed by atoms with van der Waals surface area (Å²) in [5.41, 5.74) is 2.16. The summed E-state index contributed by atoms with van der Waals surface area (Å²) in [6, 6.07) is 8.13. The topological polar surface area (TPSA) is 32.3 Å². The molecule has 1 aromatic carbocycles. The molecule has 3 heteroatoms. The van der Waals surface area contributed by atoms with E-state index in [-0.39, 0.29) is 11.8 Å². The van der Waals surface area contributed by atoms with Gasteiger partial charge in [-0.25, -0.2) is 0 Å². The molecule has 1 aromatic rings. The van der Waals surface area contributed by atoms with Crippen molar-refractivity contribution in [1.82, 2.24) is 10.2 Å². The number of rotatable bonds is 5. The van der Waals surface area contributed by atoms with Crippen LogP contribution < -0.4 is 5.32 Å². The van der Waals surface area contributed by atoms with E-state index in [9.17, 15) is 4.79 Å². The molecule has 0 amide bonds. The molecule has 0 aromatic heterocycles. The smallest absolute Gasteiger partial charge is 0.179 e. The third kappa shape index (κ3) is 3.90. The first-order valence-corrected chi connectivity index (χ1v) is 7.80. The summed E-state index contributed by atoms with van der Waals surface area (Å²) >= 11 is 0. The van der Waals surface area contributed by atoms with Gasteiger partial charge in [0.05, 0.1) is 6.04 Å². The molecule has 1 aliphatic heterocycles. The van der Waals surface area contributed by atoms with Gasteiger partial charge in [-0.15, -0.1) is 0 Å². The standard InChI is InChI=1S/C17H26N2O/c1-3-5-15-6-8-16(9-7-15)17(20)14(2)19-12-4-10-18-11-13-19/h6-9,14,18H,3-5,10-13H2,1-2H3. The van der Waals surface area contributed by atoms with Gasteiger partial charge in [0.25, 0.3) is 0 Å². The Balaban J connectivity index is 2.01. The molecule has 1 fully saturated rings. The number of Topliss-reactive ketones (excluding diaryl/α,β-unsaturated/α-hetero) is 1. The fraction of sp³-hybridized carbons (Fsp3) is 0.588. The lowest BCUT2D eigenvalue weighted by Gasteiger charge is -2.26. The van der Waals surface area contributed by atoms with Gasteiger partial charge in [0.2, 0.25) is 0 Å². The quantitative estimate of drug-likeness (QED) is 0.837. The number of nitrogens with one attached hydrogen (secondary N) is 1. The summed E-state index contributed by atoms with van der Waals surface area (Å²) < 4.78 is 0. The van der Waals surface area contributed by atoms with Crippen molar-refractivity contribution in [3.8, 4) is 0 Å². The van der Waals surface area contributed by atoms with Crippen LogP contribution in [0.15, 0.2) is 24.3 Å². The van der Waals surface area contributed by atoms with Gasteiger partial charge >= 0.3 is 0 Å². The SMILES string of the molecule is CCCc1ccc(C(=O)C(C)N2CCCNCC2)cc1. The lowest BCUT2D eigenvalue weighted by molar-refractivity contribution is 0.0847. The van der Waals surface area contributed by atoms with Gasteiger partial charge < -0.3 is 5.32 Å². The molecule has 1 heterocycles. The molecule has 0 bridgehead atoms. The molecule has 3 nitrogen and oxygen atoms in total. The van der Waals surface area contributed by atoms with Crippen LogP contribution >= 0.6 is 0 Å². The fourth-order valence-corrected chi connectivity index (χ4v) is 2.79. The van der Waals surface area contributed by atoms with Gasteiger partial charge in [0, 0.05) is 25.2 Å². The summed E-state index contributed by atoms with van der Waals surface area (Å²) in [4.78, 5) is 14.9. The highest BCUT2D eigenvalue weighted by molar-refractivity contribution is 5.99. The van der Waals surface area contributed by atoms with Crippen molar-refractivity contribution in [2.45, 2.75) is 39.2 Å². The first kappa shape index (κ1) is 15.2. The third-order valence-corrected chi connectivity index (χ3v) is 4.08. The highest BCUT2D eigenvalue weighted by atomic mass is 16.1. The number of benzene rings is 1. The molecule has 0 saturated carbocycles. The van der Waals surface area contributed by atoms with E-state index in [4.69, 9.17) is 0 Å². The molecule has 110 valence electrons. The van der Waals surface area contributed by atoms with Gasteiger partial charge in [-0.05, 0) is 31.9 Å². The molecule has 1 unspecified atom stereocenters. The highest BCUT2D eigenvalue weighted by Crippen LogP contribution is 2.12. The molecule has 0 radical (unpaired) electrons. The highest BCUT2D eigenvalue weighted by Gasteiger charge is 2.22. The van der Waals surface area contributed by atoms with Crippen LogP contribution in [0.3, 0.4) is 0 Å². The van der Waals surface area contributed by atoms with Crippen molar-refractivity contribution in [1.29, 1.82) is 0 Å². The summed E-state index contributed by atoms with van der Waals surface area (Å²) in [6.45, 7) is 8.22. The summed E-state index contributed by atoms with van der Waals surface area (Å²) in [5.74, 6) is 0.245. The number of carbonyl (C=O) groups is 1. The zero-order chi connectivity index (χ0) is 14.4. The summed E-state index contributed by atoms with van der Waals surface area (Å²) in [5, 5.41) is 3.38. The Kier molecular flexibility index (Phi) is 5.74. The maximum Gasteiger partial charge on any atom is 0.179 e. The van der Waals surface area contributed by atoms with Crippen LogP contribution in [0.4, 0.5) is 0 Å². The Labute approximate surface area is 122 Å². The number of hydrogen-bond acceptors (Lipinski definition) is 3. The first-order valence-electron chi connectivity index (χ1n) is 7.80. The molecule has 2 rings (SSSR count). The largest absolute Gasteiger partial charge is 0.315 e. The molecular weight excluding hydrogens is 248 g/mol. The minimum absolute atomic E-state index is 0.0214. The van der Waals surface area contributed by atoms with E-state index in [0.717, 1.165) is 51.0 Å². The second kappa shape index (κ2) is 7.55. The zero-order valence-electron chi connectivity index (χ0n) is 12.7. The average Bonchev–Trinajstić information content (AvgIpc) is 2.76. The van der Waals surface area contributed by atoms with Crippen molar-refractivity contribution >= 4 is 5.78 Å². The maximum absolute atomic E-state index is 12.6. The molecule has 1 saturated heterocycles. The van der Waals surface area contributed by atoms with E-state index in [0.29, 0.717) is 0 Å². The van der Waals surface area contributed by atoms with E-state index < -0.39 is 0 Å². The van der Waals surface area contributed by atoms with E-state index in [2.05, 4.69) is 29.3 Å². The molecule has 20 heavy (non-hydrogen) atoms. The van der Waals surface area contributed by atoms with Crippen LogP contribution in [-0.4, -0.2) is 42.9 Å². The van der Waals surface area contributed by atoms with Crippen LogP contribution in [0.2, 0.25) is 0 Å². The monoisotopic (exact) mass is 274 g/mol. The second-order valence-corrected chi connectivity index (χ2v) is 5.63. The summed E-state index contributed by atoms with van der Waals surface area (Å²) in [7, 11) is 0. The number of aryl methyl sites for hydroxylation is 1. The minimum Gasteiger partial charge on any atom is -0.315 e. The van der Waals surface area contributed by atoms with Gasteiger partial charge in [-0.3, -0.25) is 9.69 Å². The Bertz CT molecular complexity index is 419. The normalized spacial score (nSPS) is 18.5. The Hall–Kier alpha value is -1.19. The Morgan fingerprint density at radius 1 is 1.25 bits per heavy atom. The van der Waals surface area contributed by atoms with Crippen molar-refractivity contribution < 1.29 is 4.79 Å². The molecular formula is C17H26N2O. The van der Waals surface area contributed by atoms with E-state index >= 15 is 0 Å². The van der Waals surface area contributed by atoms with E-state index in [1.165, 1.54) is 5.56 Å². The predicted octanol–water partition coefficient (Wildman–Crippen LogP) is 2.51. The number of hydrogen-bond donors (Lipinski definition) is 1. The van der Waals surface area contributed by atoms with Crippen molar-refractivity contribution in [2.24, 2.45) is 0 Å². The van der Waals surface area contributed by atoms with E-state index in [1.54, 1.807) is 0 Å². The van der Waals surface area contributed by atoms with Crippen molar-refractivity contribution in [3.63, 3.8) is 0 Å². The van der Waals surface area contributed by atoms with Gasteiger partial charge in [0.1, 0.15) is 0 Å². The van der Waals surface area contributed by atoms with Gasteiger partial charge in [-0.1, -0.05) is 37.6 Å². The number of nitrogens with zero attached hydrogens (tertiary/aromatic N) is 1. The van der Waals surface area contributed by atoms with Crippen LogP contribution in [0.25, 0.3) is 0 Å². The maximum atomic E-state index is 12.6. The average molecular weight is 274 g/mol. The number of carbonyl (C=O) groups excluding carboxylic acids is 1. The fourth-order valence-electron chi connectivity index (χ4n) is 2.79. The predicted molar refractivity (Wildman–Crippen MR) is 83.3 cm³/mol. The molecule has 1 aliphatic rings. The summed E-state index contributed by atoms with van der Waals surface area (Å²) in [6.07, 6.45) is 3.35. The zero-order valence-corrected chi connectivity index (χ0v) is 12.7. The number of ketones is 1. The minimum atomic E-state index is -0.0214. The molecule has 0 spiro atoms. The first-order chi connectivity index (χ1) is 9.72. The van der Waals surface area contributed by atoms with Crippen molar-refractivity contribution in [3.05, 3.63) is 35.4 Å². The lowest BCUT2D eigenvalue weighted by Crippen LogP contribution is -2.41. The van der Waals surface area contributed by atoms with Crippen LogP contribution in [0.5, 0.6) is 0 Å². The molecule has 0 aliphatic carbocycles. The van der Waals surface area contributed by atoms with Gasteiger partial charge in [0.15, 0.2) is 5.78 Å².